The predicted molar refractivity (Wildman–Crippen MR) is 67.2 cm³/mol. The second-order valence-corrected chi connectivity index (χ2v) is 4.38. The smallest absolute Gasteiger partial charge is 0.0364 e. The molecule has 1 rings (SSSR count). The van der Waals surface area contributed by atoms with Gasteiger partial charge >= 0.3 is 0 Å². The van der Waals surface area contributed by atoms with Gasteiger partial charge in [-0.15, -0.1) is 0 Å². The first-order valence-corrected chi connectivity index (χ1v) is 5.26. The molecule has 0 aliphatic rings. The van der Waals surface area contributed by atoms with E-state index in [-0.39, 0.29) is 0 Å². The molecule has 0 heterocycles. The third-order valence-electron chi connectivity index (χ3n) is 2.33. The zero-order valence-electron chi connectivity index (χ0n) is 10.0. The Bertz CT molecular complexity index is 321. The molecule has 15 heavy (non-hydrogen) atoms. The van der Waals surface area contributed by atoms with Crippen LogP contribution in [0.5, 0.6) is 0 Å². The zero-order valence-corrected chi connectivity index (χ0v) is 10.0. The average Bonchev–Trinajstić information content (AvgIpc) is 2.10. The minimum absolute atomic E-state index is 0.419. The molecule has 3 nitrogen and oxygen atoms in total. The van der Waals surface area contributed by atoms with Crippen LogP contribution in [-0.2, 0) is 0 Å². The molecule has 1 aromatic carbocycles. The monoisotopic (exact) mass is 207 g/mol. The third-order valence-corrected chi connectivity index (χ3v) is 2.33. The van der Waals surface area contributed by atoms with Crippen molar-refractivity contribution in [3.63, 3.8) is 0 Å². The van der Waals surface area contributed by atoms with Gasteiger partial charge in [-0.1, -0.05) is 6.07 Å². The second-order valence-electron chi connectivity index (χ2n) is 4.38. The van der Waals surface area contributed by atoms with E-state index < -0.39 is 0 Å². The fourth-order valence-electron chi connectivity index (χ4n) is 1.61. The summed E-state index contributed by atoms with van der Waals surface area (Å²) in [6.07, 6.45) is 0. The highest BCUT2D eigenvalue weighted by atomic mass is 15.1. The van der Waals surface area contributed by atoms with Crippen LogP contribution in [0.15, 0.2) is 18.2 Å². The molecule has 3 N–H and O–H groups in total. The summed E-state index contributed by atoms with van der Waals surface area (Å²) < 4.78 is 0. The number of likely N-dealkylation sites (N-methyl/N-ethyl adjacent to an activating group) is 1. The maximum absolute atomic E-state index is 5.85. The normalized spacial score (nSPS) is 12.9. The molecule has 1 unspecified atom stereocenters. The molecule has 0 spiro atoms. The van der Waals surface area contributed by atoms with E-state index in [4.69, 9.17) is 5.73 Å². The van der Waals surface area contributed by atoms with Crippen molar-refractivity contribution in [1.82, 2.24) is 4.90 Å². The molecule has 0 aliphatic heterocycles. The van der Waals surface area contributed by atoms with Gasteiger partial charge in [0.1, 0.15) is 0 Å². The Labute approximate surface area is 92.3 Å². The van der Waals surface area contributed by atoms with Crippen molar-refractivity contribution < 1.29 is 0 Å². The molecule has 0 aromatic heterocycles. The lowest BCUT2D eigenvalue weighted by atomic mass is 10.2. The Kier molecular flexibility index (Phi) is 3.97. The van der Waals surface area contributed by atoms with Crippen molar-refractivity contribution in [2.24, 2.45) is 0 Å². The first kappa shape index (κ1) is 11.9. The van der Waals surface area contributed by atoms with Crippen molar-refractivity contribution in [3.8, 4) is 0 Å². The highest BCUT2D eigenvalue weighted by Crippen LogP contribution is 2.17. The fraction of sp³-hybridized carbons (Fsp3) is 0.500. The van der Waals surface area contributed by atoms with E-state index in [0.717, 1.165) is 23.5 Å². The Morgan fingerprint density at radius 3 is 2.60 bits per heavy atom. The highest BCUT2D eigenvalue weighted by molar-refractivity contribution is 5.58. The predicted octanol–water partition coefficient (Wildman–Crippen LogP) is 1.94. The Morgan fingerprint density at radius 1 is 1.40 bits per heavy atom. The minimum Gasteiger partial charge on any atom is -0.398 e. The van der Waals surface area contributed by atoms with Crippen LogP contribution < -0.4 is 11.1 Å². The van der Waals surface area contributed by atoms with Crippen molar-refractivity contribution in [1.29, 1.82) is 0 Å². The maximum Gasteiger partial charge on any atom is 0.0364 e. The van der Waals surface area contributed by atoms with E-state index in [2.05, 4.69) is 37.3 Å². The molecule has 0 saturated heterocycles. The standard InChI is InChI=1S/C12H21N3/c1-9-5-6-11(7-12(9)13)14-10(2)8-15(3)4/h5-7,10,14H,8,13H2,1-4H3. The Balaban J connectivity index is 2.60. The van der Waals surface area contributed by atoms with Gasteiger partial charge < -0.3 is 16.0 Å². The summed E-state index contributed by atoms with van der Waals surface area (Å²) in [5, 5.41) is 3.42. The van der Waals surface area contributed by atoms with E-state index >= 15 is 0 Å². The molecule has 0 aliphatic carbocycles. The number of hydrogen-bond acceptors (Lipinski definition) is 3. The topological polar surface area (TPSA) is 41.3 Å². The molecule has 84 valence electrons. The summed E-state index contributed by atoms with van der Waals surface area (Å²) in [6, 6.07) is 6.52. The van der Waals surface area contributed by atoms with E-state index in [0.29, 0.717) is 6.04 Å². The number of nitrogens with zero attached hydrogens (tertiary/aromatic N) is 1. The maximum atomic E-state index is 5.85. The van der Waals surface area contributed by atoms with Crippen molar-refractivity contribution >= 4 is 11.4 Å². The molecule has 0 amide bonds. The highest BCUT2D eigenvalue weighted by Gasteiger charge is 2.03. The molecule has 0 saturated carbocycles. The number of nitrogen functional groups attached to an aromatic ring is 1. The van der Waals surface area contributed by atoms with E-state index in [9.17, 15) is 0 Å². The summed E-state index contributed by atoms with van der Waals surface area (Å²) in [4.78, 5) is 2.16. The van der Waals surface area contributed by atoms with Gasteiger partial charge in [-0.05, 0) is 45.6 Å². The lowest BCUT2D eigenvalue weighted by molar-refractivity contribution is 0.392. The summed E-state index contributed by atoms with van der Waals surface area (Å²) >= 11 is 0. The van der Waals surface area contributed by atoms with Gasteiger partial charge in [-0.3, -0.25) is 0 Å². The van der Waals surface area contributed by atoms with Gasteiger partial charge in [-0.25, -0.2) is 0 Å². The van der Waals surface area contributed by atoms with Gasteiger partial charge in [0.05, 0.1) is 0 Å². The minimum atomic E-state index is 0.419. The van der Waals surface area contributed by atoms with Crippen LogP contribution in [-0.4, -0.2) is 31.6 Å². The molecule has 1 aromatic rings. The van der Waals surface area contributed by atoms with E-state index in [1.54, 1.807) is 0 Å². The van der Waals surface area contributed by atoms with Crippen LogP contribution in [0.3, 0.4) is 0 Å². The molecule has 0 fully saturated rings. The van der Waals surface area contributed by atoms with Crippen LogP contribution in [0.25, 0.3) is 0 Å². The van der Waals surface area contributed by atoms with Gasteiger partial charge in [0.25, 0.3) is 0 Å². The van der Waals surface area contributed by atoms with Gasteiger partial charge in [0.15, 0.2) is 0 Å². The van der Waals surface area contributed by atoms with Crippen LogP contribution in [0.4, 0.5) is 11.4 Å². The number of aryl methyl sites for hydroxylation is 1. The van der Waals surface area contributed by atoms with Crippen LogP contribution in [0, 0.1) is 6.92 Å². The first-order valence-electron chi connectivity index (χ1n) is 5.26. The number of hydrogen-bond donors (Lipinski definition) is 2. The Morgan fingerprint density at radius 2 is 2.07 bits per heavy atom. The summed E-state index contributed by atoms with van der Waals surface area (Å²) in [6.45, 7) is 5.19. The quantitative estimate of drug-likeness (QED) is 0.741. The SMILES string of the molecule is Cc1ccc(NC(C)CN(C)C)cc1N. The van der Waals surface area contributed by atoms with E-state index in [1.807, 2.05) is 19.1 Å². The molecular weight excluding hydrogens is 186 g/mol. The molecule has 0 radical (unpaired) electrons. The fourth-order valence-corrected chi connectivity index (χ4v) is 1.61. The number of nitrogens with one attached hydrogen (secondary N) is 1. The summed E-state index contributed by atoms with van der Waals surface area (Å²) in [7, 11) is 4.14. The average molecular weight is 207 g/mol. The lowest BCUT2D eigenvalue weighted by Gasteiger charge is -2.19. The summed E-state index contributed by atoms with van der Waals surface area (Å²) in [5.74, 6) is 0. The van der Waals surface area contributed by atoms with Crippen LogP contribution >= 0.6 is 0 Å². The largest absolute Gasteiger partial charge is 0.398 e. The van der Waals surface area contributed by atoms with Crippen molar-refractivity contribution in [2.75, 3.05) is 31.7 Å². The third kappa shape index (κ3) is 3.80. The van der Waals surface area contributed by atoms with E-state index in [1.165, 1.54) is 0 Å². The van der Waals surface area contributed by atoms with Gasteiger partial charge in [-0.2, -0.15) is 0 Å². The van der Waals surface area contributed by atoms with Crippen molar-refractivity contribution in [3.05, 3.63) is 23.8 Å². The van der Waals surface area contributed by atoms with Crippen LogP contribution in [0.1, 0.15) is 12.5 Å². The first-order chi connectivity index (χ1) is 6.99. The summed E-state index contributed by atoms with van der Waals surface area (Å²) in [5.41, 5.74) is 8.91. The Hall–Kier alpha value is -1.22. The number of rotatable bonds is 4. The number of anilines is 2. The molecule has 1 atom stereocenters. The molecule has 3 heteroatoms. The number of nitrogens with two attached hydrogens (primary N) is 1. The number of benzene rings is 1. The second kappa shape index (κ2) is 5.03. The lowest BCUT2D eigenvalue weighted by Crippen LogP contribution is -2.29. The molecular formula is C12H21N3. The van der Waals surface area contributed by atoms with Crippen molar-refractivity contribution in [2.45, 2.75) is 19.9 Å². The van der Waals surface area contributed by atoms with Gasteiger partial charge in [0, 0.05) is 24.0 Å². The van der Waals surface area contributed by atoms with Crippen LogP contribution in [0.2, 0.25) is 0 Å². The molecule has 0 bridgehead atoms. The van der Waals surface area contributed by atoms with Gasteiger partial charge in [0.2, 0.25) is 0 Å². The zero-order chi connectivity index (χ0) is 11.4.